The Bertz CT molecular complexity index is 860. The summed E-state index contributed by atoms with van der Waals surface area (Å²) in [4.78, 5) is 43.2. The van der Waals surface area contributed by atoms with Gasteiger partial charge in [0.1, 0.15) is 12.1 Å². The van der Waals surface area contributed by atoms with Gasteiger partial charge in [0.2, 0.25) is 17.8 Å². The fourth-order valence-electron chi connectivity index (χ4n) is 4.47. The third-order valence-electron chi connectivity index (χ3n) is 5.30. The number of nitrogens with one attached hydrogen (secondary N) is 1. The molecule has 1 aromatic heterocycles. The number of anilines is 1. The van der Waals surface area contributed by atoms with Gasteiger partial charge in [-0.05, 0) is 11.1 Å². The summed E-state index contributed by atoms with van der Waals surface area (Å²) in [5, 5.41) is 6.28. The van der Waals surface area contributed by atoms with E-state index in [-0.39, 0.29) is 29.5 Å². The highest BCUT2D eigenvalue weighted by Crippen LogP contribution is 2.57. The third kappa shape index (κ3) is 1.42. The summed E-state index contributed by atoms with van der Waals surface area (Å²) in [6, 6.07) is 7.64. The van der Waals surface area contributed by atoms with Gasteiger partial charge in [-0.2, -0.15) is 10.1 Å². The van der Waals surface area contributed by atoms with E-state index in [4.69, 9.17) is 0 Å². The molecule has 0 spiro atoms. The lowest BCUT2D eigenvalue weighted by molar-refractivity contribution is -0.134. The minimum Gasteiger partial charge on any atom is -0.299 e. The van der Waals surface area contributed by atoms with Gasteiger partial charge in [-0.15, -0.1) is 0 Å². The molecule has 3 aliphatic carbocycles. The molecule has 1 N–H and O–H groups in total. The molecule has 2 fully saturated rings. The molecular weight excluding hydrogens is 296 g/mol. The Balaban J connectivity index is 1.69. The van der Waals surface area contributed by atoms with E-state index in [0.717, 1.165) is 16.0 Å². The summed E-state index contributed by atoms with van der Waals surface area (Å²) < 4.78 is 0. The van der Waals surface area contributed by atoms with Crippen LogP contribution in [0, 0.1) is 11.8 Å². The highest BCUT2D eigenvalue weighted by Gasteiger charge is 2.63. The normalized spacial score (nSPS) is 31.5. The largest absolute Gasteiger partial charge is 0.299 e. The Morgan fingerprint density at radius 3 is 2.52 bits per heavy atom. The molecule has 1 saturated heterocycles. The Labute approximate surface area is 130 Å². The van der Waals surface area contributed by atoms with Crippen molar-refractivity contribution in [3.63, 3.8) is 0 Å². The first-order chi connectivity index (χ1) is 11.2. The quantitative estimate of drug-likeness (QED) is 0.785. The second kappa shape index (κ2) is 4.13. The molecule has 0 radical (unpaired) electrons. The molecule has 2 heterocycles. The maximum Gasteiger partial charge on any atom is 0.241 e. The number of hydrogen-bond donors (Lipinski definition) is 1. The van der Waals surface area contributed by atoms with Crippen molar-refractivity contribution in [3.05, 3.63) is 41.7 Å². The van der Waals surface area contributed by atoms with Gasteiger partial charge in [0.05, 0.1) is 17.8 Å². The van der Waals surface area contributed by atoms with Crippen molar-refractivity contribution >= 4 is 23.5 Å². The smallest absolute Gasteiger partial charge is 0.241 e. The molecule has 0 unspecified atom stereocenters. The molecule has 7 heteroatoms. The van der Waals surface area contributed by atoms with E-state index in [1.54, 1.807) is 0 Å². The topological polar surface area (TPSA) is 96.0 Å². The molecule has 7 nitrogen and oxygen atoms in total. The number of Topliss-reactive ketones (excluding diaryl/α,β-unsaturated/α-hetero) is 1. The van der Waals surface area contributed by atoms with Crippen LogP contribution in [0.25, 0.3) is 0 Å². The molecule has 4 aliphatic rings. The molecule has 2 aromatic rings. The molecule has 1 aliphatic heterocycles. The average Bonchev–Trinajstić information content (AvgIpc) is 3.16. The summed E-state index contributed by atoms with van der Waals surface area (Å²) >= 11 is 0. The van der Waals surface area contributed by atoms with Crippen LogP contribution in [0.5, 0.6) is 0 Å². The van der Waals surface area contributed by atoms with Crippen LogP contribution in [-0.2, 0) is 14.4 Å². The second-order valence-electron chi connectivity index (χ2n) is 6.26. The van der Waals surface area contributed by atoms with E-state index in [0.29, 0.717) is 6.42 Å². The number of H-pyrrole nitrogens is 1. The standard InChI is InChI=1S/C16H12N4O3/c21-10-5-9-7-3-1-2-4-8(7)11(10)13-12(9)14(22)20(15(13)23)16-17-6-18-19-16/h1-4,6,9,11-13H,5H2,(H,17,18,19)/t9-,11+,12+,13-/m0/s1. The van der Waals surface area contributed by atoms with Crippen molar-refractivity contribution in [2.24, 2.45) is 11.8 Å². The first-order valence-corrected chi connectivity index (χ1v) is 7.53. The summed E-state index contributed by atoms with van der Waals surface area (Å²) in [6.45, 7) is 0. The van der Waals surface area contributed by atoms with Crippen molar-refractivity contribution in [2.75, 3.05) is 4.90 Å². The van der Waals surface area contributed by atoms with Gasteiger partial charge in [-0.3, -0.25) is 14.4 Å². The number of carbonyl (C=O) groups is 3. The molecule has 1 aromatic carbocycles. The number of hydrogen-bond acceptors (Lipinski definition) is 5. The number of amides is 2. The van der Waals surface area contributed by atoms with Crippen LogP contribution < -0.4 is 4.90 Å². The first kappa shape index (κ1) is 12.7. The third-order valence-corrected chi connectivity index (χ3v) is 5.30. The van der Waals surface area contributed by atoms with Gasteiger partial charge in [-0.25, -0.2) is 10.00 Å². The zero-order valence-electron chi connectivity index (χ0n) is 12.0. The van der Waals surface area contributed by atoms with Gasteiger partial charge in [0, 0.05) is 12.3 Å². The number of aromatic nitrogens is 3. The van der Waals surface area contributed by atoms with Crippen LogP contribution in [-0.4, -0.2) is 32.8 Å². The van der Waals surface area contributed by atoms with Crippen LogP contribution in [0.15, 0.2) is 30.6 Å². The lowest BCUT2D eigenvalue weighted by atomic mass is 9.56. The van der Waals surface area contributed by atoms with Crippen LogP contribution in [0.1, 0.15) is 29.4 Å². The Kier molecular flexibility index (Phi) is 2.28. The molecular formula is C16H12N4O3. The zero-order chi connectivity index (χ0) is 15.7. The molecule has 2 bridgehead atoms. The lowest BCUT2D eigenvalue weighted by Gasteiger charge is -2.43. The first-order valence-electron chi connectivity index (χ1n) is 7.53. The maximum atomic E-state index is 12.9. The molecule has 1 saturated carbocycles. The van der Waals surface area contributed by atoms with Gasteiger partial charge >= 0.3 is 0 Å². The molecule has 23 heavy (non-hydrogen) atoms. The summed E-state index contributed by atoms with van der Waals surface area (Å²) in [7, 11) is 0. The lowest BCUT2D eigenvalue weighted by Crippen LogP contribution is -2.44. The van der Waals surface area contributed by atoms with Crippen molar-refractivity contribution in [3.8, 4) is 0 Å². The Morgan fingerprint density at radius 1 is 1.04 bits per heavy atom. The maximum absolute atomic E-state index is 12.9. The number of nitrogens with zero attached hydrogens (tertiary/aromatic N) is 3. The van der Waals surface area contributed by atoms with Gasteiger partial charge in [-0.1, -0.05) is 24.3 Å². The minimum atomic E-state index is -0.617. The molecule has 2 amide bonds. The molecule has 4 atom stereocenters. The second-order valence-corrected chi connectivity index (χ2v) is 6.26. The number of rotatable bonds is 1. The van der Waals surface area contributed by atoms with Crippen molar-refractivity contribution in [1.82, 2.24) is 15.2 Å². The van der Waals surface area contributed by atoms with Gasteiger partial charge in [0.25, 0.3) is 0 Å². The summed E-state index contributed by atoms with van der Waals surface area (Å²) in [6.07, 6.45) is 1.58. The SMILES string of the molecule is O=C1C[C@H]2c3ccccc3[C@H]1[C@@H]1C(=O)N(c3ncn[nH]3)C(=O)[C@@H]12. The van der Waals surface area contributed by atoms with Crippen LogP contribution >= 0.6 is 0 Å². The Hall–Kier alpha value is -2.83. The van der Waals surface area contributed by atoms with Crippen LogP contribution in [0.2, 0.25) is 0 Å². The van der Waals surface area contributed by atoms with Crippen molar-refractivity contribution < 1.29 is 14.4 Å². The van der Waals surface area contributed by atoms with Crippen molar-refractivity contribution in [2.45, 2.75) is 18.3 Å². The fraction of sp³-hybridized carbons (Fsp3) is 0.312. The number of ketones is 1. The highest BCUT2D eigenvalue weighted by atomic mass is 16.2. The predicted octanol–water partition coefficient (Wildman–Crippen LogP) is 0.764. The van der Waals surface area contributed by atoms with E-state index in [1.165, 1.54) is 6.33 Å². The van der Waals surface area contributed by atoms with Crippen molar-refractivity contribution in [1.29, 1.82) is 0 Å². The van der Waals surface area contributed by atoms with Gasteiger partial charge < -0.3 is 0 Å². The average molecular weight is 308 g/mol. The van der Waals surface area contributed by atoms with Gasteiger partial charge in [0.15, 0.2) is 0 Å². The number of benzene rings is 1. The molecule has 6 rings (SSSR count). The van der Waals surface area contributed by atoms with Crippen LogP contribution in [0.3, 0.4) is 0 Å². The highest BCUT2D eigenvalue weighted by molar-refractivity contribution is 6.23. The van der Waals surface area contributed by atoms with Crippen LogP contribution in [0.4, 0.5) is 5.95 Å². The predicted molar refractivity (Wildman–Crippen MR) is 77.4 cm³/mol. The van der Waals surface area contributed by atoms with E-state index < -0.39 is 17.8 Å². The number of aromatic amines is 1. The zero-order valence-corrected chi connectivity index (χ0v) is 12.0. The summed E-state index contributed by atoms with van der Waals surface area (Å²) in [5.74, 6) is -2.30. The van der Waals surface area contributed by atoms with E-state index in [9.17, 15) is 14.4 Å². The Morgan fingerprint density at radius 2 is 1.78 bits per heavy atom. The number of imide groups is 1. The molecule has 114 valence electrons. The number of carbonyl (C=O) groups excluding carboxylic acids is 3. The van der Waals surface area contributed by atoms with E-state index >= 15 is 0 Å². The monoisotopic (exact) mass is 308 g/mol. The summed E-state index contributed by atoms with van der Waals surface area (Å²) in [5.41, 5.74) is 1.93. The van der Waals surface area contributed by atoms with E-state index in [2.05, 4.69) is 15.2 Å². The van der Waals surface area contributed by atoms with E-state index in [1.807, 2.05) is 24.3 Å². The minimum absolute atomic E-state index is 0.0514. The fourth-order valence-corrected chi connectivity index (χ4v) is 4.47. The number of fused-ring (bicyclic) bond motifs is 1.